The summed E-state index contributed by atoms with van der Waals surface area (Å²) in [6.07, 6.45) is 1.53. The molecule has 7 heteroatoms. The Kier molecular flexibility index (Phi) is 7.55. The van der Waals surface area contributed by atoms with E-state index in [1.807, 2.05) is 38.1 Å². The third kappa shape index (κ3) is 6.21. The van der Waals surface area contributed by atoms with E-state index in [2.05, 4.69) is 31.8 Å². The molecule has 0 saturated heterocycles. The molecule has 0 aliphatic carbocycles. The molecule has 0 aliphatic heterocycles. The minimum Gasteiger partial charge on any atom is -0.497 e. The lowest BCUT2D eigenvalue weighted by atomic mass is 9.94. The highest BCUT2D eigenvalue weighted by Crippen LogP contribution is 2.18. The number of benzene rings is 2. The minimum atomic E-state index is -0.867. The molecule has 0 radical (unpaired) electrons. The molecule has 1 unspecified atom stereocenters. The van der Waals surface area contributed by atoms with Crippen molar-refractivity contribution in [2.24, 2.45) is 16.9 Å². The van der Waals surface area contributed by atoms with Gasteiger partial charge in [-0.3, -0.25) is 9.59 Å². The Morgan fingerprint density at radius 1 is 1.04 bits per heavy atom. The van der Waals surface area contributed by atoms with Gasteiger partial charge in [0, 0.05) is 10.2 Å². The van der Waals surface area contributed by atoms with Crippen molar-refractivity contribution >= 4 is 39.6 Å². The standard InChI is InChI=1S/C20H22BrN3O3/c1-13(2)18(19(25)23-16-8-10-17(27-3)11-9-16)20(26)24-22-12-14-4-6-15(21)7-5-14/h4-13,18H,1-3H3,(H,23,25)(H,24,26). The van der Waals surface area contributed by atoms with E-state index >= 15 is 0 Å². The van der Waals surface area contributed by atoms with Crippen LogP contribution in [-0.4, -0.2) is 25.1 Å². The second-order valence-electron chi connectivity index (χ2n) is 6.23. The predicted octanol–water partition coefficient (Wildman–Crippen LogP) is 3.82. The first-order chi connectivity index (χ1) is 12.9. The maximum Gasteiger partial charge on any atom is 0.252 e. The molecule has 0 aromatic heterocycles. The van der Waals surface area contributed by atoms with Crippen LogP contribution in [-0.2, 0) is 9.59 Å². The summed E-state index contributed by atoms with van der Waals surface area (Å²) >= 11 is 3.36. The largest absolute Gasteiger partial charge is 0.497 e. The second-order valence-corrected chi connectivity index (χ2v) is 7.14. The van der Waals surface area contributed by atoms with Crippen LogP contribution in [0.2, 0.25) is 0 Å². The summed E-state index contributed by atoms with van der Waals surface area (Å²) in [6.45, 7) is 3.63. The van der Waals surface area contributed by atoms with Crippen molar-refractivity contribution in [2.45, 2.75) is 13.8 Å². The van der Waals surface area contributed by atoms with Gasteiger partial charge in [0.05, 0.1) is 13.3 Å². The smallest absolute Gasteiger partial charge is 0.252 e. The number of methoxy groups -OCH3 is 1. The Bertz CT molecular complexity index is 802. The van der Waals surface area contributed by atoms with E-state index in [4.69, 9.17) is 4.74 Å². The van der Waals surface area contributed by atoms with Gasteiger partial charge >= 0.3 is 0 Å². The Morgan fingerprint density at radius 2 is 1.67 bits per heavy atom. The monoisotopic (exact) mass is 431 g/mol. The van der Waals surface area contributed by atoms with Crippen LogP contribution < -0.4 is 15.5 Å². The lowest BCUT2D eigenvalue weighted by Crippen LogP contribution is -2.39. The van der Waals surface area contributed by atoms with Gasteiger partial charge in [0.25, 0.3) is 5.91 Å². The van der Waals surface area contributed by atoms with Crippen LogP contribution in [0.5, 0.6) is 5.75 Å². The van der Waals surface area contributed by atoms with E-state index in [9.17, 15) is 9.59 Å². The highest BCUT2D eigenvalue weighted by Gasteiger charge is 2.29. The van der Waals surface area contributed by atoms with Gasteiger partial charge in [-0.1, -0.05) is 41.9 Å². The van der Waals surface area contributed by atoms with Gasteiger partial charge in [-0.2, -0.15) is 5.10 Å². The van der Waals surface area contributed by atoms with Gasteiger partial charge in [-0.25, -0.2) is 5.43 Å². The van der Waals surface area contributed by atoms with Crippen LogP contribution in [0.25, 0.3) is 0 Å². The van der Waals surface area contributed by atoms with Gasteiger partial charge in [-0.15, -0.1) is 0 Å². The third-order valence-electron chi connectivity index (χ3n) is 3.85. The number of carbonyl (C=O) groups excluding carboxylic acids is 2. The lowest BCUT2D eigenvalue weighted by Gasteiger charge is -2.18. The van der Waals surface area contributed by atoms with Crippen LogP contribution in [0.3, 0.4) is 0 Å². The normalized spacial score (nSPS) is 12.0. The van der Waals surface area contributed by atoms with E-state index in [0.717, 1.165) is 10.0 Å². The van der Waals surface area contributed by atoms with E-state index in [0.29, 0.717) is 11.4 Å². The van der Waals surface area contributed by atoms with Crippen molar-refractivity contribution in [2.75, 3.05) is 12.4 Å². The van der Waals surface area contributed by atoms with Gasteiger partial charge in [-0.05, 0) is 47.9 Å². The zero-order valence-electron chi connectivity index (χ0n) is 15.4. The van der Waals surface area contributed by atoms with Gasteiger partial charge in [0.1, 0.15) is 11.7 Å². The minimum absolute atomic E-state index is 0.189. The molecule has 142 valence electrons. The highest BCUT2D eigenvalue weighted by molar-refractivity contribution is 9.10. The van der Waals surface area contributed by atoms with Crippen molar-refractivity contribution in [3.8, 4) is 5.75 Å². The first-order valence-electron chi connectivity index (χ1n) is 8.44. The molecule has 0 fully saturated rings. The molecular formula is C20H22BrN3O3. The number of halogens is 1. The summed E-state index contributed by atoms with van der Waals surface area (Å²) in [6, 6.07) is 14.4. The first kappa shape index (κ1) is 20.6. The van der Waals surface area contributed by atoms with Crippen LogP contribution in [0.15, 0.2) is 58.1 Å². The number of hydrogen-bond acceptors (Lipinski definition) is 4. The molecular weight excluding hydrogens is 410 g/mol. The second kappa shape index (κ2) is 9.87. The molecule has 2 amide bonds. The summed E-state index contributed by atoms with van der Waals surface area (Å²) in [4.78, 5) is 25.0. The molecule has 27 heavy (non-hydrogen) atoms. The third-order valence-corrected chi connectivity index (χ3v) is 4.38. The van der Waals surface area contributed by atoms with E-state index < -0.39 is 11.8 Å². The molecule has 6 nitrogen and oxygen atoms in total. The number of carbonyl (C=O) groups is 2. The molecule has 0 saturated carbocycles. The molecule has 1 atom stereocenters. The SMILES string of the molecule is COc1ccc(NC(=O)C(C(=O)NN=Cc2ccc(Br)cc2)C(C)C)cc1. The number of ether oxygens (including phenoxy) is 1. The van der Waals surface area contributed by atoms with Gasteiger partial charge < -0.3 is 10.1 Å². The molecule has 0 spiro atoms. The molecule has 0 aliphatic rings. The predicted molar refractivity (Wildman–Crippen MR) is 110 cm³/mol. The summed E-state index contributed by atoms with van der Waals surface area (Å²) in [5, 5.41) is 6.71. The van der Waals surface area contributed by atoms with Crippen molar-refractivity contribution < 1.29 is 14.3 Å². The zero-order valence-corrected chi connectivity index (χ0v) is 17.0. The number of nitrogens with zero attached hydrogens (tertiary/aromatic N) is 1. The number of hydrogen-bond donors (Lipinski definition) is 2. The number of rotatable bonds is 7. The van der Waals surface area contributed by atoms with Crippen LogP contribution in [0.1, 0.15) is 19.4 Å². The van der Waals surface area contributed by atoms with Crippen LogP contribution >= 0.6 is 15.9 Å². The summed E-state index contributed by atoms with van der Waals surface area (Å²) in [5.74, 6) is -1.20. The Labute approximate surface area is 167 Å². The Balaban J connectivity index is 2.00. The fourth-order valence-corrected chi connectivity index (χ4v) is 2.67. The quantitative estimate of drug-likeness (QED) is 0.397. The van der Waals surface area contributed by atoms with Crippen LogP contribution in [0, 0.1) is 11.8 Å². The Hall–Kier alpha value is -2.67. The highest BCUT2D eigenvalue weighted by atomic mass is 79.9. The average molecular weight is 432 g/mol. The van der Waals surface area contributed by atoms with Gasteiger partial charge in [0.15, 0.2) is 0 Å². The fraction of sp³-hybridized carbons (Fsp3) is 0.250. The van der Waals surface area contributed by atoms with Gasteiger partial charge in [0.2, 0.25) is 5.91 Å². The fourth-order valence-electron chi connectivity index (χ4n) is 2.41. The van der Waals surface area contributed by atoms with E-state index in [1.165, 1.54) is 6.21 Å². The van der Waals surface area contributed by atoms with E-state index in [1.54, 1.807) is 31.4 Å². The molecule has 2 rings (SSSR count). The van der Waals surface area contributed by atoms with Crippen molar-refractivity contribution in [3.63, 3.8) is 0 Å². The molecule has 0 bridgehead atoms. The molecule has 2 aromatic rings. The number of anilines is 1. The first-order valence-corrected chi connectivity index (χ1v) is 9.23. The van der Waals surface area contributed by atoms with Crippen molar-refractivity contribution in [1.82, 2.24) is 5.43 Å². The molecule has 2 N–H and O–H groups in total. The lowest BCUT2D eigenvalue weighted by molar-refractivity contribution is -0.134. The maximum atomic E-state index is 12.6. The number of hydrazone groups is 1. The Morgan fingerprint density at radius 3 is 2.22 bits per heavy atom. The summed E-state index contributed by atoms with van der Waals surface area (Å²) in [7, 11) is 1.57. The van der Waals surface area contributed by atoms with E-state index in [-0.39, 0.29) is 11.8 Å². The van der Waals surface area contributed by atoms with Crippen molar-refractivity contribution in [3.05, 3.63) is 58.6 Å². The van der Waals surface area contributed by atoms with Crippen LogP contribution in [0.4, 0.5) is 5.69 Å². The number of amides is 2. The topological polar surface area (TPSA) is 79.8 Å². The molecule has 2 aromatic carbocycles. The average Bonchev–Trinajstić information content (AvgIpc) is 2.64. The zero-order chi connectivity index (χ0) is 19.8. The maximum absolute atomic E-state index is 12.6. The number of nitrogens with one attached hydrogen (secondary N) is 2. The summed E-state index contributed by atoms with van der Waals surface area (Å²) < 4.78 is 6.05. The molecule has 0 heterocycles. The van der Waals surface area contributed by atoms with Crippen molar-refractivity contribution in [1.29, 1.82) is 0 Å². The summed E-state index contributed by atoms with van der Waals surface area (Å²) in [5.41, 5.74) is 3.88.